The largest absolute Gasteiger partial charge is 0.354 e. The normalized spacial score (nSPS) is 28.1. The maximum atomic E-state index is 10.4. The van der Waals surface area contributed by atoms with Gasteiger partial charge in [-0.2, -0.15) is 0 Å². The van der Waals surface area contributed by atoms with Crippen LogP contribution in [-0.4, -0.2) is 18.5 Å². The van der Waals surface area contributed by atoms with Gasteiger partial charge in [-0.05, 0) is 0 Å². The van der Waals surface area contributed by atoms with E-state index in [0.717, 1.165) is 0 Å². The molecule has 1 fully saturated rings. The average Bonchev–Trinajstić information content (AvgIpc) is 2.14. The molecule has 8 heavy (non-hydrogen) atoms. The molecule has 1 atom stereocenters. The summed E-state index contributed by atoms with van der Waals surface area (Å²) >= 11 is 0. The summed E-state index contributed by atoms with van der Waals surface area (Å²) < 4.78 is 0. The molecule has 4 heteroatoms. The molecule has 46 valence electrons. The molecule has 0 bridgehead atoms. The Balaban J connectivity index is 2.32. The molecule has 1 heterocycles. The molecule has 0 spiro atoms. The van der Waals surface area contributed by atoms with Crippen molar-refractivity contribution in [3.63, 3.8) is 0 Å². The highest BCUT2D eigenvalue weighted by molar-refractivity contribution is 5.78. The van der Waals surface area contributed by atoms with Crippen molar-refractivity contribution in [3.05, 3.63) is 0 Å². The zero-order chi connectivity index (χ0) is 5.98. The Labute approximate surface area is 47.4 Å². The number of nitrogens with one attached hydrogen (secondary N) is 2. The maximum absolute atomic E-state index is 10.4. The first-order chi connectivity index (χ1) is 3.83. The summed E-state index contributed by atoms with van der Waals surface area (Å²) in [7, 11) is 0. The fourth-order valence-electron chi connectivity index (χ4n) is 0.723. The van der Waals surface area contributed by atoms with Crippen LogP contribution in [0.15, 0.2) is 0 Å². The number of hydrazine groups is 1. The monoisotopic (exact) mass is 115 g/mol. The third-order valence-electron chi connectivity index (χ3n) is 1.21. The van der Waals surface area contributed by atoms with Gasteiger partial charge in [-0.15, -0.1) is 0 Å². The van der Waals surface area contributed by atoms with E-state index in [4.69, 9.17) is 5.84 Å². The Morgan fingerprint density at radius 3 is 2.88 bits per heavy atom. The average molecular weight is 115 g/mol. The van der Waals surface area contributed by atoms with E-state index in [9.17, 15) is 4.79 Å². The Morgan fingerprint density at radius 2 is 2.62 bits per heavy atom. The van der Waals surface area contributed by atoms with Crippen LogP contribution in [0.25, 0.3) is 0 Å². The van der Waals surface area contributed by atoms with Crippen molar-refractivity contribution < 1.29 is 4.79 Å². The molecule has 1 aliphatic rings. The number of amides is 1. The second kappa shape index (κ2) is 2.11. The maximum Gasteiger partial charge on any atom is 0.221 e. The summed E-state index contributed by atoms with van der Waals surface area (Å²) in [6.07, 6.45) is 0.510. The van der Waals surface area contributed by atoms with E-state index < -0.39 is 0 Å². The number of nitrogens with two attached hydrogens (primary N) is 1. The molecule has 4 nitrogen and oxygen atoms in total. The highest BCUT2D eigenvalue weighted by atomic mass is 16.1. The summed E-state index contributed by atoms with van der Waals surface area (Å²) in [4.78, 5) is 10.4. The minimum absolute atomic E-state index is 0.0768. The van der Waals surface area contributed by atoms with Crippen LogP contribution in [0.1, 0.15) is 6.42 Å². The van der Waals surface area contributed by atoms with Crippen LogP contribution in [-0.2, 0) is 4.79 Å². The molecule has 0 saturated carbocycles. The lowest BCUT2D eigenvalue weighted by atomic mass is 10.3. The Morgan fingerprint density at radius 1 is 1.88 bits per heavy atom. The number of hydrogen-bond donors (Lipinski definition) is 3. The fourth-order valence-corrected chi connectivity index (χ4v) is 0.723. The second-order valence-electron chi connectivity index (χ2n) is 1.87. The van der Waals surface area contributed by atoms with Crippen LogP contribution in [0.4, 0.5) is 0 Å². The molecule has 1 rings (SSSR count). The standard InChI is InChI=1S/C4H9N3O/c5-7-3-1-4(8)6-2-3/h3,7H,1-2,5H2,(H,6,8). The van der Waals surface area contributed by atoms with E-state index in [-0.39, 0.29) is 11.9 Å². The van der Waals surface area contributed by atoms with Crippen molar-refractivity contribution in [2.24, 2.45) is 5.84 Å². The van der Waals surface area contributed by atoms with Crippen molar-refractivity contribution in [1.29, 1.82) is 0 Å². The first-order valence-electron chi connectivity index (χ1n) is 2.56. The van der Waals surface area contributed by atoms with E-state index in [2.05, 4.69) is 10.7 Å². The van der Waals surface area contributed by atoms with Crippen molar-refractivity contribution in [2.75, 3.05) is 6.54 Å². The van der Waals surface area contributed by atoms with Crippen LogP contribution in [0.5, 0.6) is 0 Å². The third kappa shape index (κ3) is 0.962. The van der Waals surface area contributed by atoms with E-state index in [1.54, 1.807) is 0 Å². The summed E-state index contributed by atoms with van der Waals surface area (Å²) in [5, 5.41) is 2.64. The first-order valence-corrected chi connectivity index (χ1v) is 2.56. The van der Waals surface area contributed by atoms with Crippen LogP contribution >= 0.6 is 0 Å². The summed E-state index contributed by atoms with van der Waals surface area (Å²) in [6.45, 7) is 0.662. The number of hydrogen-bond acceptors (Lipinski definition) is 3. The number of carbonyl (C=O) groups excluding carboxylic acids is 1. The highest BCUT2D eigenvalue weighted by Gasteiger charge is 2.18. The van der Waals surface area contributed by atoms with Gasteiger partial charge in [-0.1, -0.05) is 0 Å². The molecule has 1 saturated heterocycles. The quantitative estimate of drug-likeness (QED) is 0.283. The Kier molecular flexibility index (Phi) is 1.45. The van der Waals surface area contributed by atoms with Crippen molar-refractivity contribution >= 4 is 5.91 Å². The van der Waals surface area contributed by atoms with E-state index in [0.29, 0.717) is 13.0 Å². The third-order valence-corrected chi connectivity index (χ3v) is 1.21. The predicted octanol–water partition coefficient (Wildman–Crippen LogP) is -1.66. The van der Waals surface area contributed by atoms with Crippen LogP contribution in [0.3, 0.4) is 0 Å². The van der Waals surface area contributed by atoms with Crippen LogP contribution in [0.2, 0.25) is 0 Å². The van der Waals surface area contributed by atoms with Crippen LogP contribution in [0, 0.1) is 0 Å². The van der Waals surface area contributed by atoms with Gasteiger partial charge in [0, 0.05) is 19.0 Å². The molecule has 1 unspecified atom stereocenters. The van der Waals surface area contributed by atoms with Gasteiger partial charge in [0.15, 0.2) is 0 Å². The second-order valence-corrected chi connectivity index (χ2v) is 1.87. The van der Waals surface area contributed by atoms with E-state index >= 15 is 0 Å². The molecule has 0 radical (unpaired) electrons. The van der Waals surface area contributed by atoms with Gasteiger partial charge in [0.25, 0.3) is 0 Å². The van der Waals surface area contributed by atoms with Gasteiger partial charge < -0.3 is 5.32 Å². The summed E-state index contributed by atoms with van der Waals surface area (Å²) in [5.74, 6) is 5.13. The fraction of sp³-hybridized carbons (Fsp3) is 0.750. The van der Waals surface area contributed by atoms with Crippen LogP contribution < -0.4 is 16.6 Å². The lowest BCUT2D eigenvalue weighted by molar-refractivity contribution is -0.119. The SMILES string of the molecule is NNC1CNC(=O)C1. The molecule has 0 aliphatic carbocycles. The predicted molar refractivity (Wildman–Crippen MR) is 28.7 cm³/mol. The first kappa shape index (κ1) is 5.53. The molecule has 4 N–H and O–H groups in total. The van der Waals surface area contributed by atoms with Gasteiger partial charge >= 0.3 is 0 Å². The molecular weight excluding hydrogens is 106 g/mol. The molecule has 0 aromatic heterocycles. The number of carbonyl (C=O) groups is 1. The lowest BCUT2D eigenvalue weighted by Gasteiger charge is -2.00. The van der Waals surface area contributed by atoms with Gasteiger partial charge in [0.2, 0.25) is 5.91 Å². The topological polar surface area (TPSA) is 67.2 Å². The van der Waals surface area contributed by atoms with Gasteiger partial charge in [-0.3, -0.25) is 16.1 Å². The summed E-state index contributed by atoms with van der Waals surface area (Å²) in [6, 6.07) is 0.141. The molecule has 1 amide bonds. The van der Waals surface area contributed by atoms with Crippen molar-refractivity contribution in [2.45, 2.75) is 12.5 Å². The van der Waals surface area contributed by atoms with Crippen molar-refractivity contribution in [3.8, 4) is 0 Å². The van der Waals surface area contributed by atoms with Gasteiger partial charge in [-0.25, -0.2) is 0 Å². The lowest BCUT2D eigenvalue weighted by Crippen LogP contribution is -2.36. The highest BCUT2D eigenvalue weighted by Crippen LogP contribution is 1.95. The van der Waals surface area contributed by atoms with Crippen molar-refractivity contribution in [1.82, 2.24) is 10.7 Å². The molecular formula is C4H9N3O. The van der Waals surface area contributed by atoms with Gasteiger partial charge in [0.1, 0.15) is 0 Å². The Bertz CT molecular complexity index is 103. The minimum Gasteiger partial charge on any atom is -0.354 e. The zero-order valence-electron chi connectivity index (χ0n) is 4.48. The van der Waals surface area contributed by atoms with E-state index in [1.165, 1.54) is 0 Å². The van der Waals surface area contributed by atoms with Gasteiger partial charge in [0.05, 0.1) is 0 Å². The molecule has 1 aliphatic heterocycles. The number of rotatable bonds is 1. The smallest absolute Gasteiger partial charge is 0.221 e. The minimum atomic E-state index is 0.0768. The Hall–Kier alpha value is -0.610. The molecule has 0 aromatic carbocycles. The molecule has 0 aromatic rings. The van der Waals surface area contributed by atoms with E-state index in [1.807, 2.05) is 0 Å². The zero-order valence-corrected chi connectivity index (χ0v) is 4.48. The summed E-state index contributed by atoms with van der Waals surface area (Å²) in [5.41, 5.74) is 2.51.